The van der Waals surface area contributed by atoms with Gasteiger partial charge in [-0.1, -0.05) is 0 Å². The van der Waals surface area contributed by atoms with Gasteiger partial charge in [0.25, 0.3) is 0 Å². The zero-order valence-corrected chi connectivity index (χ0v) is 12.1. The van der Waals surface area contributed by atoms with Gasteiger partial charge in [-0.05, 0) is 32.1 Å². The van der Waals surface area contributed by atoms with Gasteiger partial charge in [0.2, 0.25) is 5.65 Å². The highest BCUT2D eigenvalue weighted by Crippen LogP contribution is 2.26. The number of carboxylic acid groups (broad SMARTS) is 1. The van der Waals surface area contributed by atoms with E-state index in [9.17, 15) is 4.79 Å². The Morgan fingerprint density at radius 3 is 2.86 bits per heavy atom. The third-order valence-electron chi connectivity index (χ3n) is 4.16. The minimum atomic E-state index is -0.706. The number of aryl methyl sites for hydroxylation is 1. The second-order valence-corrected chi connectivity index (χ2v) is 5.55. The Labute approximate surface area is 122 Å². The van der Waals surface area contributed by atoms with Gasteiger partial charge in [-0.15, -0.1) is 10.2 Å². The van der Waals surface area contributed by atoms with Crippen molar-refractivity contribution in [3.05, 3.63) is 18.2 Å². The Morgan fingerprint density at radius 1 is 1.38 bits per heavy atom. The molecule has 3 heterocycles. The summed E-state index contributed by atoms with van der Waals surface area (Å²) in [5, 5.41) is 17.1. The summed E-state index contributed by atoms with van der Waals surface area (Å²) in [5.41, 5.74) is 0.791. The molecule has 0 aromatic carbocycles. The first-order chi connectivity index (χ1) is 10.1. The SMILES string of the molecule is Cc1nnc2c(N3CCC(CCC(=O)O)CC3)nccn12. The van der Waals surface area contributed by atoms with Crippen molar-refractivity contribution in [2.75, 3.05) is 18.0 Å². The summed E-state index contributed by atoms with van der Waals surface area (Å²) in [5.74, 6) is 1.51. The van der Waals surface area contributed by atoms with Crippen LogP contribution in [0.5, 0.6) is 0 Å². The monoisotopic (exact) mass is 289 g/mol. The van der Waals surface area contributed by atoms with Crippen molar-refractivity contribution in [3.8, 4) is 0 Å². The van der Waals surface area contributed by atoms with Crippen LogP contribution < -0.4 is 4.90 Å². The van der Waals surface area contributed by atoms with Crippen molar-refractivity contribution in [3.63, 3.8) is 0 Å². The summed E-state index contributed by atoms with van der Waals surface area (Å²) in [6.07, 6.45) is 6.68. The molecule has 0 radical (unpaired) electrons. The standard InChI is InChI=1S/C14H19N5O2/c1-10-16-17-14-13(15-6-9-19(10)14)18-7-4-11(5-8-18)2-3-12(20)21/h6,9,11H,2-5,7-8H2,1H3,(H,20,21). The summed E-state index contributed by atoms with van der Waals surface area (Å²) in [6, 6.07) is 0. The van der Waals surface area contributed by atoms with Crippen LogP contribution in [0.1, 0.15) is 31.5 Å². The van der Waals surface area contributed by atoms with Crippen LogP contribution in [0.3, 0.4) is 0 Å². The molecular weight excluding hydrogens is 270 g/mol. The zero-order valence-electron chi connectivity index (χ0n) is 12.1. The molecule has 0 amide bonds. The van der Waals surface area contributed by atoms with Crippen LogP contribution >= 0.6 is 0 Å². The fraction of sp³-hybridized carbons (Fsp3) is 0.571. The number of carboxylic acids is 1. The number of hydrogen-bond donors (Lipinski definition) is 1. The number of rotatable bonds is 4. The van der Waals surface area contributed by atoms with Gasteiger partial charge in [0.15, 0.2) is 5.82 Å². The molecular formula is C14H19N5O2. The van der Waals surface area contributed by atoms with Crippen LogP contribution in [0.2, 0.25) is 0 Å². The number of anilines is 1. The van der Waals surface area contributed by atoms with Gasteiger partial charge < -0.3 is 10.0 Å². The minimum Gasteiger partial charge on any atom is -0.481 e. The minimum absolute atomic E-state index is 0.266. The number of carbonyl (C=O) groups is 1. The number of fused-ring (bicyclic) bond motifs is 1. The van der Waals surface area contributed by atoms with Gasteiger partial charge in [-0.3, -0.25) is 9.20 Å². The highest BCUT2D eigenvalue weighted by Gasteiger charge is 2.23. The van der Waals surface area contributed by atoms with Gasteiger partial charge in [0, 0.05) is 31.9 Å². The number of aromatic nitrogens is 4. The Kier molecular flexibility index (Phi) is 3.72. The first-order valence-corrected chi connectivity index (χ1v) is 7.28. The molecule has 3 rings (SSSR count). The van der Waals surface area contributed by atoms with Crippen LogP contribution in [-0.4, -0.2) is 43.7 Å². The lowest BCUT2D eigenvalue weighted by molar-refractivity contribution is -0.137. The third-order valence-corrected chi connectivity index (χ3v) is 4.16. The van der Waals surface area contributed by atoms with Crippen LogP contribution in [0.4, 0.5) is 5.82 Å². The van der Waals surface area contributed by atoms with E-state index in [2.05, 4.69) is 20.1 Å². The maximum atomic E-state index is 10.6. The molecule has 1 N–H and O–H groups in total. The van der Waals surface area contributed by atoms with Crippen molar-refractivity contribution in [1.82, 2.24) is 19.6 Å². The van der Waals surface area contributed by atoms with E-state index in [4.69, 9.17) is 5.11 Å². The van der Waals surface area contributed by atoms with Crippen LogP contribution in [0, 0.1) is 12.8 Å². The maximum absolute atomic E-state index is 10.6. The first-order valence-electron chi connectivity index (χ1n) is 7.28. The van der Waals surface area contributed by atoms with Crippen LogP contribution in [0.15, 0.2) is 12.4 Å². The Balaban J connectivity index is 1.70. The lowest BCUT2D eigenvalue weighted by Crippen LogP contribution is -2.34. The molecule has 0 atom stereocenters. The van der Waals surface area contributed by atoms with E-state index < -0.39 is 5.97 Å². The molecule has 21 heavy (non-hydrogen) atoms. The lowest BCUT2D eigenvalue weighted by atomic mass is 9.92. The molecule has 1 aliphatic heterocycles. The molecule has 0 unspecified atom stereocenters. The molecule has 0 spiro atoms. The molecule has 1 saturated heterocycles. The van der Waals surface area contributed by atoms with E-state index in [1.807, 2.05) is 17.5 Å². The van der Waals surface area contributed by atoms with Crippen molar-refractivity contribution < 1.29 is 9.90 Å². The van der Waals surface area contributed by atoms with Crippen molar-refractivity contribution in [2.24, 2.45) is 5.92 Å². The van der Waals surface area contributed by atoms with Crippen molar-refractivity contribution in [1.29, 1.82) is 0 Å². The second-order valence-electron chi connectivity index (χ2n) is 5.55. The summed E-state index contributed by atoms with van der Waals surface area (Å²) < 4.78 is 1.94. The number of nitrogens with zero attached hydrogens (tertiary/aromatic N) is 5. The zero-order chi connectivity index (χ0) is 14.8. The summed E-state index contributed by atoms with van der Waals surface area (Å²) in [4.78, 5) is 17.3. The van der Waals surface area contributed by atoms with E-state index >= 15 is 0 Å². The lowest BCUT2D eigenvalue weighted by Gasteiger charge is -2.32. The predicted molar refractivity (Wildman–Crippen MR) is 77.3 cm³/mol. The van der Waals surface area contributed by atoms with Gasteiger partial charge in [-0.2, -0.15) is 0 Å². The topological polar surface area (TPSA) is 83.6 Å². The molecule has 0 aliphatic carbocycles. The fourth-order valence-electron chi connectivity index (χ4n) is 2.91. The number of hydrogen-bond acceptors (Lipinski definition) is 5. The molecule has 1 aliphatic rings. The highest BCUT2D eigenvalue weighted by atomic mass is 16.4. The summed E-state index contributed by atoms with van der Waals surface area (Å²) in [7, 11) is 0. The molecule has 112 valence electrons. The Hall–Kier alpha value is -2.18. The highest BCUT2D eigenvalue weighted by molar-refractivity contribution is 5.66. The van der Waals surface area contributed by atoms with E-state index in [0.717, 1.165) is 49.6 Å². The molecule has 1 fully saturated rings. The number of piperidine rings is 1. The second kappa shape index (κ2) is 5.67. The molecule has 7 heteroatoms. The molecule has 7 nitrogen and oxygen atoms in total. The number of aliphatic carboxylic acids is 1. The van der Waals surface area contributed by atoms with Gasteiger partial charge >= 0.3 is 5.97 Å². The average molecular weight is 289 g/mol. The van der Waals surface area contributed by atoms with Crippen LogP contribution in [0.25, 0.3) is 5.65 Å². The molecule has 0 bridgehead atoms. The van der Waals surface area contributed by atoms with E-state index in [1.165, 1.54) is 0 Å². The quantitative estimate of drug-likeness (QED) is 0.918. The van der Waals surface area contributed by atoms with Crippen LogP contribution in [-0.2, 0) is 4.79 Å². The van der Waals surface area contributed by atoms with Gasteiger partial charge in [-0.25, -0.2) is 4.98 Å². The fourth-order valence-corrected chi connectivity index (χ4v) is 2.91. The van der Waals surface area contributed by atoms with Crippen molar-refractivity contribution in [2.45, 2.75) is 32.6 Å². The largest absolute Gasteiger partial charge is 0.481 e. The molecule has 0 saturated carbocycles. The first kappa shape index (κ1) is 13.8. The summed E-state index contributed by atoms with van der Waals surface area (Å²) >= 11 is 0. The van der Waals surface area contributed by atoms with Crippen molar-refractivity contribution >= 4 is 17.4 Å². The normalized spacial score (nSPS) is 16.5. The smallest absolute Gasteiger partial charge is 0.303 e. The van der Waals surface area contributed by atoms with E-state index in [1.54, 1.807) is 6.20 Å². The van der Waals surface area contributed by atoms with Gasteiger partial charge in [0.05, 0.1) is 0 Å². The third kappa shape index (κ3) is 2.81. The molecule has 2 aromatic rings. The van der Waals surface area contributed by atoms with Gasteiger partial charge in [0.1, 0.15) is 5.82 Å². The maximum Gasteiger partial charge on any atom is 0.303 e. The predicted octanol–water partition coefficient (Wildman–Crippen LogP) is 1.51. The Bertz CT molecular complexity index is 646. The molecule has 2 aromatic heterocycles. The van der Waals surface area contributed by atoms with E-state index in [0.29, 0.717) is 5.92 Å². The van der Waals surface area contributed by atoms with E-state index in [-0.39, 0.29) is 6.42 Å². The Morgan fingerprint density at radius 2 is 2.14 bits per heavy atom. The average Bonchev–Trinajstić information content (AvgIpc) is 2.87. The summed E-state index contributed by atoms with van der Waals surface area (Å²) in [6.45, 7) is 3.70.